The van der Waals surface area contributed by atoms with Crippen molar-refractivity contribution in [2.24, 2.45) is 0 Å². The first-order valence-corrected chi connectivity index (χ1v) is 11.5. The lowest BCUT2D eigenvalue weighted by Gasteiger charge is -2.14. The van der Waals surface area contributed by atoms with Gasteiger partial charge in [-0.25, -0.2) is 0 Å². The van der Waals surface area contributed by atoms with Crippen LogP contribution in [0, 0.1) is 0 Å². The zero-order chi connectivity index (χ0) is 23.3. The lowest BCUT2D eigenvalue weighted by Crippen LogP contribution is -2.34. The molecule has 1 aliphatic rings. The lowest BCUT2D eigenvalue weighted by atomic mass is 10.1. The molecular weight excluding hydrogens is 522 g/mol. The molecule has 1 saturated heterocycles. The summed E-state index contributed by atoms with van der Waals surface area (Å²) in [4.78, 5) is 37.4. The van der Waals surface area contributed by atoms with Crippen molar-refractivity contribution in [2.45, 2.75) is 13.5 Å². The number of nitrogens with zero attached hydrogens (tertiary/aromatic N) is 1. The van der Waals surface area contributed by atoms with E-state index in [9.17, 15) is 14.4 Å². The molecule has 2 aromatic rings. The van der Waals surface area contributed by atoms with Crippen LogP contribution in [0.5, 0.6) is 11.5 Å². The largest absolute Gasteiger partial charge is 0.493 e. The van der Waals surface area contributed by atoms with Crippen LogP contribution >= 0.6 is 39.3 Å². The van der Waals surface area contributed by atoms with Crippen molar-refractivity contribution in [3.8, 4) is 11.5 Å². The van der Waals surface area contributed by atoms with Crippen molar-refractivity contribution in [3.05, 3.63) is 61.9 Å². The molecule has 2 aromatic carbocycles. The minimum absolute atomic E-state index is 0.166. The summed E-state index contributed by atoms with van der Waals surface area (Å²) in [5.41, 5.74) is 1.50. The van der Waals surface area contributed by atoms with Gasteiger partial charge in [-0.2, -0.15) is 0 Å². The summed E-state index contributed by atoms with van der Waals surface area (Å²) in [6.45, 7) is 1.67. The summed E-state index contributed by atoms with van der Waals surface area (Å²) in [5.74, 6) is -0.469. The highest BCUT2D eigenvalue weighted by Gasteiger charge is 2.36. The van der Waals surface area contributed by atoms with Gasteiger partial charge in [-0.15, -0.1) is 0 Å². The van der Waals surface area contributed by atoms with Gasteiger partial charge >= 0.3 is 5.97 Å². The predicted octanol–water partition coefficient (Wildman–Crippen LogP) is 5.29. The second kappa shape index (κ2) is 10.9. The Morgan fingerprint density at radius 2 is 1.94 bits per heavy atom. The molecule has 32 heavy (non-hydrogen) atoms. The van der Waals surface area contributed by atoms with E-state index in [0.29, 0.717) is 22.1 Å². The van der Waals surface area contributed by atoms with Crippen LogP contribution in [0.4, 0.5) is 4.79 Å². The molecule has 0 radical (unpaired) electrons. The van der Waals surface area contributed by atoms with E-state index < -0.39 is 23.7 Å². The molecule has 1 aliphatic heterocycles. The van der Waals surface area contributed by atoms with E-state index >= 15 is 0 Å². The molecule has 0 aromatic heterocycles. The highest BCUT2D eigenvalue weighted by atomic mass is 79.9. The van der Waals surface area contributed by atoms with E-state index in [0.717, 1.165) is 26.7 Å². The number of ether oxygens (including phenoxy) is 3. The number of halogens is 2. The van der Waals surface area contributed by atoms with Gasteiger partial charge in [0.25, 0.3) is 11.1 Å². The minimum atomic E-state index is -0.645. The molecule has 0 aliphatic carbocycles. The third-order valence-electron chi connectivity index (χ3n) is 4.31. The first-order valence-electron chi connectivity index (χ1n) is 9.48. The Morgan fingerprint density at radius 1 is 1.22 bits per heavy atom. The highest BCUT2D eigenvalue weighted by Crippen LogP contribution is 2.39. The SMILES string of the molecule is CCOC(=O)CN1C(=O)S/C(=C/c2cc(Cl)c(OCc3ccc(Br)cc3)c(OC)c2)C1=O. The maximum Gasteiger partial charge on any atom is 0.326 e. The number of carbonyl (C=O) groups is 3. The van der Waals surface area contributed by atoms with E-state index in [1.807, 2.05) is 24.3 Å². The Balaban J connectivity index is 1.78. The number of esters is 1. The van der Waals surface area contributed by atoms with Crippen molar-refractivity contribution >= 4 is 62.5 Å². The third kappa shape index (κ3) is 5.85. The Morgan fingerprint density at radius 3 is 2.59 bits per heavy atom. The third-order valence-corrected chi connectivity index (χ3v) is 6.03. The average Bonchev–Trinajstić information content (AvgIpc) is 3.01. The van der Waals surface area contributed by atoms with E-state index in [1.54, 1.807) is 19.1 Å². The molecule has 0 unspecified atom stereocenters. The van der Waals surface area contributed by atoms with E-state index in [4.69, 9.17) is 25.8 Å². The number of imide groups is 1. The zero-order valence-corrected chi connectivity index (χ0v) is 20.4. The minimum Gasteiger partial charge on any atom is -0.493 e. The molecule has 0 bridgehead atoms. The molecule has 0 saturated carbocycles. The number of rotatable bonds is 8. The highest BCUT2D eigenvalue weighted by molar-refractivity contribution is 9.10. The zero-order valence-electron chi connectivity index (χ0n) is 17.2. The number of hydrogen-bond acceptors (Lipinski definition) is 7. The summed E-state index contributed by atoms with van der Waals surface area (Å²) < 4.78 is 17.0. The van der Waals surface area contributed by atoms with Crippen molar-refractivity contribution in [2.75, 3.05) is 20.3 Å². The van der Waals surface area contributed by atoms with Crippen molar-refractivity contribution in [3.63, 3.8) is 0 Å². The molecule has 1 heterocycles. The molecule has 2 amide bonds. The second-order valence-corrected chi connectivity index (χ2v) is 8.84. The smallest absolute Gasteiger partial charge is 0.326 e. The molecular formula is C22H19BrClNO6S. The predicted molar refractivity (Wildman–Crippen MR) is 126 cm³/mol. The number of benzene rings is 2. The summed E-state index contributed by atoms with van der Waals surface area (Å²) in [6, 6.07) is 10.9. The van der Waals surface area contributed by atoms with E-state index in [-0.39, 0.29) is 18.1 Å². The van der Waals surface area contributed by atoms with Gasteiger partial charge in [-0.1, -0.05) is 39.7 Å². The summed E-state index contributed by atoms with van der Waals surface area (Å²) >= 11 is 10.5. The average molecular weight is 541 g/mol. The second-order valence-electron chi connectivity index (χ2n) is 6.52. The summed E-state index contributed by atoms with van der Waals surface area (Å²) in [5, 5.41) is -0.250. The normalized spacial score (nSPS) is 14.8. The Bertz CT molecular complexity index is 1070. The number of carbonyl (C=O) groups excluding carboxylic acids is 3. The van der Waals surface area contributed by atoms with Gasteiger partial charge in [0, 0.05) is 4.47 Å². The van der Waals surface area contributed by atoms with Crippen LogP contribution in [-0.4, -0.2) is 42.3 Å². The van der Waals surface area contributed by atoms with Crippen LogP contribution in [0.2, 0.25) is 5.02 Å². The van der Waals surface area contributed by atoms with Gasteiger partial charge < -0.3 is 14.2 Å². The molecule has 0 atom stereocenters. The van der Waals surface area contributed by atoms with Crippen LogP contribution in [0.25, 0.3) is 6.08 Å². The van der Waals surface area contributed by atoms with Crippen LogP contribution < -0.4 is 9.47 Å². The number of hydrogen-bond donors (Lipinski definition) is 0. The Hall–Kier alpha value is -2.49. The van der Waals surface area contributed by atoms with Gasteiger partial charge in [-0.3, -0.25) is 19.3 Å². The number of methoxy groups -OCH3 is 1. The van der Waals surface area contributed by atoms with Gasteiger partial charge in [0.2, 0.25) is 0 Å². The van der Waals surface area contributed by atoms with E-state index in [2.05, 4.69) is 15.9 Å². The van der Waals surface area contributed by atoms with Gasteiger partial charge in [-0.05, 0) is 60.2 Å². The first kappa shape index (κ1) is 24.2. The maximum atomic E-state index is 12.6. The summed E-state index contributed by atoms with van der Waals surface area (Å²) in [6.07, 6.45) is 1.52. The molecule has 1 fully saturated rings. The van der Waals surface area contributed by atoms with Gasteiger partial charge in [0.1, 0.15) is 13.2 Å². The lowest BCUT2D eigenvalue weighted by molar-refractivity contribution is -0.145. The Kier molecular flexibility index (Phi) is 8.22. The molecule has 10 heteroatoms. The maximum absolute atomic E-state index is 12.6. The molecule has 0 N–H and O–H groups in total. The molecule has 168 valence electrons. The van der Waals surface area contributed by atoms with Crippen LogP contribution in [0.15, 0.2) is 45.8 Å². The van der Waals surface area contributed by atoms with Crippen LogP contribution in [-0.2, 0) is 20.9 Å². The van der Waals surface area contributed by atoms with Crippen LogP contribution in [0.1, 0.15) is 18.1 Å². The fourth-order valence-electron chi connectivity index (χ4n) is 2.82. The standard InChI is InChI=1S/C22H19BrClNO6S/c1-3-30-19(26)11-25-21(27)18(32-22(25)28)10-14-8-16(24)20(17(9-14)29-2)31-12-13-4-6-15(23)7-5-13/h4-10H,3,11-12H2,1-2H3/b18-10+. The molecule has 3 rings (SSSR count). The molecule has 0 spiro atoms. The van der Waals surface area contributed by atoms with Crippen molar-refractivity contribution < 1.29 is 28.6 Å². The monoisotopic (exact) mass is 539 g/mol. The van der Waals surface area contributed by atoms with Crippen molar-refractivity contribution in [1.29, 1.82) is 0 Å². The topological polar surface area (TPSA) is 82.1 Å². The van der Waals surface area contributed by atoms with Crippen molar-refractivity contribution in [1.82, 2.24) is 4.90 Å². The summed E-state index contributed by atoms with van der Waals surface area (Å²) in [7, 11) is 1.48. The number of amides is 2. The van der Waals surface area contributed by atoms with Crippen LogP contribution in [0.3, 0.4) is 0 Å². The fraction of sp³-hybridized carbons (Fsp3) is 0.227. The van der Waals surface area contributed by atoms with Gasteiger partial charge in [0.05, 0.1) is 23.6 Å². The quantitative estimate of drug-likeness (QED) is 0.332. The van der Waals surface area contributed by atoms with Gasteiger partial charge in [0.15, 0.2) is 11.5 Å². The fourth-order valence-corrected chi connectivity index (χ4v) is 4.20. The first-order chi connectivity index (χ1) is 15.3. The number of thioether (sulfide) groups is 1. The molecule has 7 nitrogen and oxygen atoms in total. The van der Waals surface area contributed by atoms with E-state index in [1.165, 1.54) is 13.2 Å². The Labute approximate surface area is 202 Å².